The van der Waals surface area contributed by atoms with Crippen molar-refractivity contribution in [3.05, 3.63) is 101 Å². The topological polar surface area (TPSA) is 48.4 Å². The third kappa shape index (κ3) is 4.31. The average molecular weight is 333 g/mol. The van der Waals surface area contributed by atoms with Crippen LogP contribution in [-0.2, 0) is 16.1 Å². The number of rotatable bonds is 6. The summed E-state index contributed by atoms with van der Waals surface area (Å²) in [6, 6.07) is 20.7. The summed E-state index contributed by atoms with van der Waals surface area (Å²) in [5.74, 6) is -0.372. The summed E-state index contributed by atoms with van der Waals surface area (Å²) < 4.78 is 11.0. The molecule has 0 saturated heterocycles. The van der Waals surface area contributed by atoms with Crippen molar-refractivity contribution in [2.45, 2.75) is 12.7 Å². The van der Waals surface area contributed by atoms with E-state index in [1.54, 1.807) is 31.6 Å². The quantitative estimate of drug-likeness (QED) is 0.635. The minimum Gasteiger partial charge on any atom is -0.449 e. The maximum atomic E-state index is 12.7. The molecule has 0 spiro atoms. The average Bonchev–Trinajstić information content (AvgIpc) is 2.68. The Morgan fingerprint density at radius 2 is 1.68 bits per heavy atom. The molecule has 4 nitrogen and oxygen atoms in total. The molecule has 1 atom stereocenters. The maximum absolute atomic E-state index is 12.7. The fourth-order valence-corrected chi connectivity index (χ4v) is 2.62. The van der Waals surface area contributed by atoms with Crippen LogP contribution in [0.25, 0.3) is 0 Å². The largest absolute Gasteiger partial charge is 0.449 e. The van der Waals surface area contributed by atoms with E-state index in [1.165, 1.54) is 0 Å². The molecule has 0 N–H and O–H groups in total. The van der Waals surface area contributed by atoms with E-state index >= 15 is 0 Å². The van der Waals surface area contributed by atoms with E-state index in [9.17, 15) is 4.79 Å². The molecule has 0 aliphatic heterocycles. The molecule has 2 aromatic carbocycles. The maximum Gasteiger partial charge on any atom is 0.339 e. The Hall–Kier alpha value is -2.98. The zero-order valence-electron chi connectivity index (χ0n) is 14.0. The Morgan fingerprint density at radius 1 is 0.960 bits per heavy atom. The minimum atomic E-state index is -0.484. The second-order valence-electron chi connectivity index (χ2n) is 5.61. The number of aromatic nitrogens is 1. The Morgan fingerprint density at radius 3 is 2.40 bits per heavy atom. The molecule has 126 valence electrons. The predicted octanol–water partition coefficient (Wildman–Crippen LogP) is 4.17. The molecular formula is C21H19NO3. The molecule has 0 amide bonds. The Kier molecular flexibility index (Phi) is 5.54. The van der Waals surface area contributed by atoms with E-state index in [0.29, 0.717) is 12.2 Å². The first-order chi connectivity index (χ1) is 12.3. The van der Waals surface area contributed by atoms with Crippen LogP contribution in [0.1, 0.15) is 33.2 Å². The normalized spacial score (nSPS) is 11.7. The Bertz CT molecular complexity index is 779. The van der Waals surface area contributed by atoms with Gasteiger partial charge in [-0.2, -0.15) is 0 Å². The van der Waals surface area contributed by atoms with Crippen molar-refractivity contribution in [3.8, 4) is 0 Å². The molecule has 1 unspecified atom stereocenters. The minimum absolute atomic E-state index is 0.372. The Labute approximate surface area is 147 Å². The number of hydrogen-bond acceptors (Lipinski definition) is 4. The molecule has 1 aromatic heterocycles. The lowest BCUT2D eigenvalue weighted by atomic mass is 10.0. The van der Waals surface area contributed by atoms with Crippen LogP contribution in [0.2, 0.25) is 0 Å². The summed E-state index contributed by atoms with van der Waals surface area (Å²) in [6.07, 6.45) is 2.90. The third-order valence-corrected chi connectivity index (χ3v) is 3.81. The van der Waals surface area contributed by atoms with E-state index in [-0.39, 0.29) is 5.97 Å². The fourth-order valence-electron chi connectivity index (χ4n) is 2.62. The van der Waals surface area contributed by atoms with Gasteiger partial charge in [-0.25, -0.2) is 4.79 Å². The van der Waals surface area contributed by atoms with Crippen LogP contribution >= 0.6 is 0 Å². The lowest BCUT2D eigenvalue weighted by molar-refractivity contribution is 0.0377. The number of methoxy groups -OCH3 is 1. The first-order valence-electron chi connectivity index (χ1n) is 8.01. The van der Waals surface area contributed by atoms with E-state index in [2.05, 4.69) is 4.98 Å². The van der Waals surface area contributed by atoms with Crippen molar-refractivity contribution in [1.82, 2.24) is 4.98 Å². The van der Waals surface area contributed by atoms with Crippen LogP contribution in [-0.4, -0.2) is 18.1 Å². The fraction of sp³-hybridized carbons (Fsp3) is 0.143. The molecule has 0 aliphatic carbocycles. The highest BCUT2D eigenvalue weighted by Crippen LogP contribution is 2.26. The van der Waals surface area contributed by atoms with Gasteiger partial charge in [0.05, 0.1) is 12.2 Å². The van der Waals surface area contributed by atoms with Gasteiger partial charge in [0.15, 0.2) is 6.10 Å². The van der Waals surface area contributed by atoms with Gasteiger partial charge >= 0.3 is 5.97 Å². The molecule has 25 heavy (non-hydrogen) atoms. The number of carbonyl (C=O) groups is 1. The van der Waals surface area contributed by atoms with Crippen LogP contribution in [0.3, 0.4) is 0 Å². The molecule has 3 aromatic rings. The molecule has 3 rings (SSSR count). The van der Waals surface area contributed by atoms with Gasteiger partial charge in [0, 0.05) is 25.1 Å². The van der Waals surface area contributed by atoms with Gasteiger partial charge in [-0.15, -0.1) is 0 Å². The number of nitrogens with zero attached hydrogens (tertiary/aromatic N) is 1. The van der Waals surface area contributed by atoms with Crippen LogP contribution in [0.5, 0.6) is 0 Å². The predicted molar refractivity (Wildman–Crippen MR) is 95.1 cm³/mol. The van der Waals surface area contributed by atoms with Crippen LogP contribution in [0.15, 0.2) is 79.1 Å². The number of hydrogen-bond donors (Lipinski definition) is 0. The molecule has 4 heteroatoms. The molecular weight excluding hydrogens is 314 g/mol. The van der Waals surface area contributed by atoms with Gasteiger partial charge < -0.3 is 9.47 Å². The molecule has 0 fully saturated rings. The third-order valence-electron chi connectivity index (χ3n) is 3.81. The van der Waals surface area contributed by atoms with Gasteiger partial charge in [-0.1, -0.05) is 42.5 Å². The van der Waals surface area contributed by atoms with Crippen molar-refractivity contribution in [2.24, 2.45) is 0 Å². The highest BCUT2D eigenvalue weighted by Gasteiger charge is 2.20. The highest BCUT2D eigenvalue weighted by atomic mass is 16.5. The standard InChI is InChI=1S/C21H19NO3/c1-24-15-16-6-5-9-19(14-16)21(23)25-20(17-7-3-2-4-8-17)18-10-12-22-13-11-18/h2-14,20H,15H2,1H3. The molecule has 0 bridgehead atoms. The van der Waals surface area contributed by atoms with Crippen molar-refractivity contribution in [2.75, 3.05) is 7.11 Å². The summed E-state index contributed by atoms with van der Waals surface area (Å²) in [5, 5.41) is 0. The summed E-state index contributed by atoms with van der Waals surface area (Å²) in [4.78, 5) is 16.7. The number of carbonyl (C=O) groups excluding carboxylic acids is 1. The zero-order chi connectivity index (χ0) is 17.5. The monoisotopic (exact) mass is 333 g/mol. The van der Waals surface area contributed by atoms with Crippen molar-refractivity contribution < 1.29 is 14.3 Å². The first-order valence-corrected chi connectivity index (χ1v) is 8.01. The lowest BCUT2D eigenvalue weighted by Gasteiger charge is -2.19. The lowest BCUT2D eigenvalue weighted by Crippen LogP contribution is -2.13. The van der Waals surface area contributed by atoms with E-state index < -0.39 is 6.10 Å². The van der Waals surface area contributed by atoms with Crippen LogP contribution < -0.4 is 0 Å². The SMILES string of the molecule is COCc1cccc(C(=O)OC(c2ccccc2)c2ccncc2)c1. The summed E-state index contributed by atoms with van der Waals surface area (Å²) in [7, 11) is 1.62. The Balaban J connectivity index is 1.88. The van der Waals surface area contributed by atoms with E-state index in [0.717, 1.165) is 16.7 Å². The van der Waals surface area contributed by atoms with Gasteiger partial charge in [0.25, 0.3) is 0 Å². The smallest absolute Gasteiger partial charge is 0.339 e. The molecule has 1 heterocycles. The van der Waals surface area contributed by atoms with Crippen molar-refractivity contribution in [1.29, 1.82) is 0 Å². The number of pyridine rings is 1. The second-order valence-corrected chi connectivity index (χ2v) is 5.61. The van der Waals surface area contributed by atoms with Crippen LogP contribution in [0, 0.1) is 0 Å². The van der Waals surface area contributed by atoms with Gasteiger partial charge in [0.2, 0.25) is 0 Å². The van der Waals surface area contributed by atoms with Gasteiger partial charge in [-0.3, -0.25) is 4.98 Å². The summed E-state index contributed by atoms with van der Waals surface area (Å²) in [6.45, 7) is 0.452. The van der Waals surface area contributed by atoms with Gasteiger partial charge in [0.1, 0.15) is 0 Å². The zero-order valence-corrected chi connectivity index (χ0v) is 14.0. The second kappa shape index (κ2) is 8.22. The van der Waals surface area contributed by atoms with Crippen molar-refractivity contribution in [3.63, 3.8) is 0 Å². The molecule has 0 radical (unpaired) electrons. The summed E-state index contributed by atoms with van der Waals surface area (Å²) >= 11 is 0. The molecule has 0 saturated carbocycles. The van der Waals surface area contributed by atoms with Crippen LogP contribution in [0.4, 0.5) is 0 Å². The summed E-state index contributed by atoms with van der Waals surface area (Å²) in [5.41, 5.74) is 3.22. The van der Waals surface area contributed by atoms with E-state index in [1.807, 2.05) is 54.6 Å². The molecule has 0 aliphatic rings. The van der Waals surface area contributed by atoms with Gasteiger partial charge in [-0.05, 0) is 35.4 Å². The number of esters is 1. The highest BCUT2D eigenvalue weighted by molar-refractivity contribution is 5.89. The first kappa shape index (κ1) is 16.9. The van der Waals surface area contributed by atoms with E-state index in [4.69, 9.17) is 9.47 Å². The number of benzene rings is 2. The number of ether oxygens (including phenoxy) is 2. The van der Waals surface area contributed by atoms with Crippen molar-refractivity contribution >= 4 is 5.97 Å².